The zero-order chi connectivity index (χ0) is 17.2. The molecule has 1 unspecified atom stereocenters. The maximum atomic E-state index is 4.35. The second-order valence-corrected chi connectivity index (χ2v) is 6.93. The van der Waals surface area contributed by atoms with E-state index in [1.807, 2.05) is 30.2 Å². The lowest BCUT2D eigenvalue weighted by atomic mass is 9.83. The van der Waals surface area contributed by atoms with Gasteiger partial charge >= 0.3 is 0 Å². The van der Waals surface area contributed by atoms with E-state index in [-0.39, 0.29) is 0 Å². The Morgan fingerprint density at radius 1 is 1.29 bits per heavy atom. The van der Waals surface area contributed by atoms with E-state index in [0.29, 0.717) is 6.04 Å². The van der Waals surface area contributed by atoms with Crippen molar-refractivity contribution in [3.63, 3.8) is 0 Å². The highest BCUT2D eigenvalue weighted by atomic mass is 15.3. The zero-order valence-electron chi connectivity index (χ0n) is 15.5. The van der Waals surface area contributed by atoms with E-state index in [4.69, 9.17) is 0 Å². The van der Waals surface area contributed by atoms with Gasteiger partial charge < -0.3 is 15.5 Å². The minimum atomic E-state index is 0.577. The van der Waals surface area contributed by atoms with Gasteiger partial charge in [0, 0.05) is 45.1 Å². The summed E-state index contributed by atoms with van der Waals surface area (Å²) in [6, 6.07) is 2.54. The van der Waals surface area contributed by atoms with Crippen LogP contribution in [0.3, 0.4) is 0 Å². The minimum absolute atomic E-state index is 0.577. The molecule has 0 spiro atoms. The van der Waals surface area contributed by atoms with Gasteiger partial charge in [0.25, 0.3) is 0 Å². The highest BCUT2D eigenvalue weighted by molar-refractivity contribution is 5.79. The van der Waals surface area contributed by atoms with Crippen LogP contribution in [-0.4, -0.2) is 60.9 Å². The first kappa shape index (κ1) is 18.8. The average molecular weight is 335 g/mol. The van der Waals surface area contributed by atoms with Crippen molar-refractivity contribution in [2.75, 3.05) is 34.2 Å². The first-order valence-corrected chi connectivity index (χ1v) is 9.29. The zero-order valence-corrected chi connectivity index (χ0v) is 15.5. The molecule has 1 heterocycles. The summed E-state index contributed by atoms with van der Waals surface area (Å²) in [5.41, 5.74) is 0. The molecule has 0 radical (unpaired) electrons. The molecule has 1 aliphatic carbocycles. The van der Waals surface area contributed by atoms with Crippen LogP contribution < -0.4 is 10.6 Å². The summed E-state index contributed by atoms with van der Waals surface area (Å²) in [6.45, 7) is 2.78. The molecule has 2 N–H and O–H groups in total. The van der Waals surface area contributed by atoms with Gasteiger partial charge in [-0.1, -0.05) is 19.3 Å². The molecule has 0 aliphatic heterocycles. The molecule has 6 heteroatoms. The highest BCUT2D eigenvalue weighted by Crippen LogP contribution is 2.27. The van der Waals surface area contributed by atoms with Crippen LogP contribution in [0.5, 0.6) is 0 Å². The summed E-state index contributed by atoms with van der Waals surface area (Å²) in [5.74, 6) is 1.71. The average Bonchev–Trinajstić information content (AvgIpc) is 3.11. The van der Waals surface area contributed by atoms with Crippen molar-refractivity contribution >= 4 is 5.96 Å². The van der Waals surface area contributed by atoms with Crippen LogP contribution in [0, 0.1) is 5.92 Å². The molecule has 1 aromatic heterocycles. The summed E-state index contributed by atoms with van der Waals surface area (Å²) in [5, 5.41) is 11.1. The third-order valence-corrected chi connectivity index (χ3v) is 4.98. The summed E-state index contributed by atoms with van der Waals surface area (Å²) >= 11 is 0. The molecule has 1 aliphatic rings. The van der Waals surface area contributed by atoms with Gasteiger partial charge in [-0.15, -0.1) is 0 Å². The molecular formula is C18H34N6. The molecule has 24 heavy (non-hydrogen) atoms. The van der Waals surface area contributed by atoms with Crippen LogP contribution in [0.2, 0.25) is 0 Å². The number of aromatic nitrogens is 2. The van der Waals surface area contributed by atoms with Gasteiger partial charge in [-0.3, -0.25) is 9.67 Å². The number of aryl methyl sites for hydroxylation is 1. The first-order valence-electron chi connectivity index (χ1n) is 9.29. The smallest absolute Gasteiger partial charge is 0.191 e. The lowest BCUT2D eigenvalue weighted by molar-refractivity contribution is 0.171. The van der Waals surface area contributed by atoms with Crippen molar-refractivity contribution in [3.8, 4) is 0 Å². The van der Waals surface area contributed by atoms with Gasteiger partial charge in [0.15, 0.2) is 5.96 Å². The number of hydrogen-bond donors (Lipinski definition) is 2. The molecule has 1 fully saturated rings. The largest absolute Gasteiger partial charge is 0.356 e. The predicted molar refractivity (Wildman–Crippen MR) is 100 cm³/mol. The fourth-order valence-electron chi connectivity index (χ4n) is 3.59. The molecule has 1 saturated carbocycles. The molecule has 0 aromatic carbocycles. The molecule has 2 rings (SSSR count). The molecule has 0 bridgehead atoms. The quantitative estimate of drug-likeness (QED) is 0.433. The standard InChI is InChI=1S/C18H34N6/c1-19-18(20-11-7-13-24-14-8-12-22-24)21-15-17(23(2)3)16-9-5-4-6-10-16/h8,12,14,16-17H,4-7,9-11,13,15H2,1-3H3,(H2,19,20,21). The summed E-state index contributed by atoms with van der Waals surface area (Å²) < 4.78 is 1.96. The number of aliphatic imine (C=N–C) groups is 1. The Morgan fingerprint density at radius 2 is 2.08 bits per heavy atom. The van der Waals surface area contributed by atoms with E-state index in [1.54, 1.807) is 0 Å². The van der Waals surface area contributed by atoms with Gasteiger partial charge in [-0.2, -0.15) is 5.10 Å². The summed E-state index contributed by atoms with van der Waals surface area (Å²) in [7, 11) is 6.23. The second-order valence-electron chi connectivity index (χ2n) is 6.93. The van der Waals surface area contributed by atoms with Crippen molar-refractivity contribution in [2.24, 2.45) is 10.9 Å². The topological polar surface area (TPSA) is 57.5 Å². The van der Waals surface area contributed by atoms with Crippen molar-refractivity contribution in [1.82, 2.24) is 25.3 Å². The molecule has 6 nitrogen and oxygen atoms in total. The normalized spacial score (nSPS) is 17.9. The van der Waals surface area contributed by atoms with Crippen LogP contribution in [0.15, 0.2) is 23.5 Å². The van der Waals surface area contributed by atoms with E-state index < -0.39 is 0 Å². The van der Waals surface area contributed by atoms with Crippen LogP contribution in [0.1, 0.15) is 38.5 Å². The van der Waals surface area contributed by atoms with Crippen molar-refractivity contribution in [1.29, 1.82) is 0 Å². The Kier molecular flexibility index (Phi) is 8.08. The Bertz CT molecular complexity index is 462. The van der Waals surface area contributed by atoms with Crippen LogP contribution in [0.25, 0.3) is 0 Å². The van der Waals surface area contributed by atoms with E-state index in [1.165, 1.54) is 32.1 Å². The van der Waals surface area contributed by atoms with E-state index in [2.05, 4.69) is 39.7 Å². The van der Waals surface area contributed by atoms with E-state index in [9.17, 15) is 0 Å². The Balaban J connectivity index is 1.70. The molecule has 1 atom stereocenters. The SMILES string of the molecule is CN=C(NCCCn1cccn1)NCC(C1CCCCC1)N(C)C. The maximum Gasteiger partial charge on any atom is 0.191 e. The monoisotopic (exact) mass is 334 g/mol. The van der Waals surface area contributed by atoms with Gasteiger partial charge in [0.05, 0.1) is 0 Å². The number of hydrogen-bond acceptors (Lipinski definition) is 3. The van der Waals surface area contributed by atoms with Gasteiger partial charge in [-0.05, 0) is 45.3 Å². The van der Waals surface area contributed by atoms with Gasteiger partial charge in [-0.25, -0.2) is 0 Å². The summed E-state index contributed by atoms with van der Waals surface area (Å²) in [4.78, 5) is 6.72. The molecule has 1 aromatic rings. The van der Waals surface area contributed by atoms with Gasteiger partial charge in [0.1, 0.15) is 0 Å². The van der Waals surface area contributed by atoms with Crippen LogP contribution in [0.4, 0.5) is 0 Å². The Labute approximate surface area is 146 Å². The van der Waals surface area contributed by atoms with Crippen molar-refractivity contribution in [3.05, 3.63) is 18.5 Å². The van der Waals surface area contributed by atoms with E-state index in [0.717, 1.165) is 37.9 Å². The van der Waals surface area contributed by atoms with Gasteiger partial charge in [0.2, 0.25) is 0 Å². The molecular weight excluding hydrogens is 300 g/mol. The third-order valence-electron chi connectivity index (χ3n) is 4.98. The number of nitrogens with one attached hydrogen (secondary N) is 2. The predicted octanol–water partition coefficient (Wildman–Crippen LogP) is 1.95. The number of likely N-dealkylation sites (N-methyl/N-ethyl adjacent to an activating group) is 1. The second kappa shape index (κ2) is 10.3. The molecule has 136 valence electrons. The third kappa shape index (κ3) is 6.15. The maximum absolute atomic E-state index is 4.35. The minimum Gasteiger partial charge on any atom is -0.356 e. The Morgan fingerprint density at radius 3 is 2.71 bits per heavy atom. The number of rotatable bonds is 8. The van der Waals surface area contributed by atoms with Crippen LogP contribution >= 0.6 is 0 Å². The molecule has 0 saturated heterocycles. The lowest BCUT2D eigenvalue weighted by Crippen LogP contribution is -2.48. The lowest BCUT2D eigenvalue weighted by Gasteiger charge is -2.35. The highest BCUT2D eigenvalue weighted by Gasteiger charge is 2.25. The molecule has 0 amide bonds. The first-order chi connectivity index (χ1) is 11.7. The van der Waals surface area contributed by atoms with Crippen molar-refractivity contribution in [2.45, 2.75) is 51.1 Å². The Hall–Kier alpha value is -1.56. The van der Waals surface area contributed by atoms with Crippen molar-refractivity contribution < 1.29 is 0 Å². The fraction of sp³-hybridized carbons (Fsp3) is 0.778. The summed E-state index contributed by atoms with van der Waals surface area (Å²) in [6.07, 6.45) is 11.7. The van der Waals surface area contributed by atoms with Crippen LogP contribution in [-0.2, 0) is 6.54 Å². The van der Waals surface area contributed by atoms with E-state index >= 15 is 0 Å². The fourth-order valence-corrected chi connectivity index (χ4v) is 3.59. The number of nitrogens with zero attached hydrogens (tertiary/aromatic N) is 4. The number of guanidine groups is 1.